The number of nitrogen functional groups attached to an aromatic ring is 1. The van der Waals surface area contributed by atoms with E-state index in [0.29, 0.717) is 10.6 Å². The van der Waals surface area contributed by atoms with E-state index in [2.05, 4.69) is 5.43 Å². The van der Waals surface area contributed by atoms with Crippen molar-refractivity contribution in [2.24, 2.45) is 5.84 Å². The summed E-state index contributed by atoms with van der Waals surface area (Å²) in [5.74, 6) is 6.08. The van der Waals surface area contributed by atoms with E-state index < -0.39 is 4.92 Å². The molecule has 5 nitrogen and oxygen atoms in total. The fourth-order valence-corrected chi connectivity index (χ4v) is 2.08. The number of nitro benzene ring substituents is 1. The highest BCUT2D eigenvalue weighted by Crippen LogP contribution is 2.35. The SMILES string of the molecule is CCCSc1cccc(NN)c1[N+](=O)[O-]. The van der Waals surface area contributed by atoms with Crippen LogP contribution in [0.15, 0.2) is 23.1 Å². The van der Waals surface area contributed by atoms with Crippen LogP contribution < -0.4 is 11.3 Å². The van der Waals surface area contributed by atoms with Crippen LogP contribution in [0.1, 0.15) is 13.3 Å². The van der Waals surface area contributed by atoms with E-state index >= 15 is 0 Å². The normalized spacial score (nSPS) is 10.0. The summed E-state index contributed by atoms with van der Waals surface area (Å²) in [6.45, 7) is 2.03. The first-order valence-electron chi connectivity index (χ1n) is 4.57. The molecule has 0 amide bonds. The van der Waals surface area contributed by atoms with Gasteiger partial charge in [-0.25, -0.2) is 0 Å². The molecule has 0 fully saturated rings. The predicted molar refractivity (Wildman–Crippen MR) is 61.9 cm³/mol. The van der Waals surface area contributed by atoms with Crippen LogP contribution >= 0.6 is 11.8 Å². The summed E-state index contributed by atoms with van der Waals surface area (Å²) in [7, 11) is 0. The van der Waals surface area contributed by atoms with Gasteiger partial charge in [-0.05, 0) is 24.3 Å². The molecule has 0 aliphatic carbocycles. The molecule has 0 spiro atoms. The smallest absolute Gasteiger partial charge is 0.307 e. The van der Waals surface area contributed by atoms with Crippen molar-refractivity contribution in [3.8, 4) is 0 Å². The van der Waals surface area contributed by atoms with Gasteiger partial charge in [-0.15, -0.1) is 11.8 Å². The van der Waals surface area contributed by atoms with Crippen molar-refractivity contribution in [2.45, 2.75) is 18.2 Å². The third-order valence-electron chi connectivity index (χ3n) is 1.80. The minimum Gasteiger partial charge on any atom is -0.318 e. The molecule has 82 valence electrons. The van der Waals surface area contributed by atoms with E-state index in [-0.39, 0.29) is 5.69 Å². The number of nitro groups is 1. The molecule has 6 heteroatoms. The second kappa shape index (κ2) is 5.57. The summed E-state index contributed by atoms with van der Waals surface area (Å²) < 4.78 is 0. The average Bonchev–Trinajstić information content (AvgIpc) is 2.25. The Morgan fingerprint density at radius 2 is 2.33 bits per heavy atom. The Morgan fingerprint density at radius 3 is 2.87 bits per heavy atom. The maximum atomic E-state index is 10.9. The van der Waals surface area contributed by atoms with Crippen LogP contribution in [0.25, 0.3) is 0 Å². The van der Waals surface area contributed by atoms with E-state index in [1.165, 1.54) is 11.8 Å². The number of anilines is 1. The van der Waals surface area contributed by atoms with Gasteiger partial charge >= 0.3 is 5.69 Å². The lowest BCUT2D eigenvalue weighted by atomic mass is 10.3. The number of rotatable bonds is 5. The zero-order chi connectivity index (χ0) is 11.3. The summed E-state index contributed by atoms with van der Waals surface area (Å²) in [6.07, 6.45) is 0.974. The number of thioether (sulfide) groups is 1. The standard InChI is InChI=1S/C9H13N3O2S/c1-2-6-15-8-5-3-4-7(11-10)9(8)12(13)14/h3-5,11H,2,6,10H2,1H3. The van der Waals surface area contributed by atoms with Gasteiger partial charge in [0.2, 0.25) is 0 Å². The van der Waals surface area contributed by atoms with Gasteiger partial charge < -0.3 is 5.43 Å². The number of hydrazine groups is 1. The molecule has 0 aliphatic heterocycles. The number of nitrogens with zero attached hydrogens (tertiary/aromatic N) is 1. The first-order valence-corrected chi connectivity index (χ1v) is 5.56. The first kappa shape index (κ1) is 11.8. The fraction of sp³-hybridized carbons (Fsp3) is 0.333. The monoisotopic (exact) mass is 227 g/mol. The summed E-state index contributed by atoms with van der Waals surface area (Å²) in [4.78, 5) is 11.1. The highest BCUT2D eigenvalue weighted by Gasteiger charge is 2.18. The molecule has 0 saturated heterocycles. The van der Waals surface area contributed by atoms with Crippen LogP contribution in [0.4, 0.5) is 11.4 Å². The number of para-hydroxylation sites is 1. The van der Waals surface area contributed by atoms with Crippen LogP contribution in [-0.2, 0) is 0 Å². The third kappa shape index (κ3) is 2.84. The Balaban J connectivity index is 3.07. The number of nitrogens with two attached hydrogens (primary N) is 1. The summed E-state index contributed by atoms with van der Waals surface area (Å²) >= 11 is 1.47. The molecule has 0 saturated carbocycles. The number of hydrogen-bond acceptors (Lipinski definition) is 5. The van der Waals surface area contributed by atoms with Gasteiger partial charge in [0.1, 0.15) is 5.69 Å². The summed E-state index contributed by atoms with van der Waals surface area (Å²) in [5, 5.41) is 10.9. The quantitative estimate of drug-likeness (QED) is 0.349. The molecule has 3 N–H and O–H groups in total. The Labute approximate surface area is 92.2 Å². The van der Waals surface area contributed by atoms with Crippen LogP contribution in [-0.4, -0.2) is 10.7 Å². The lowest BCUT2D eigenvalue weighted by molar-refractivity contribution is -0.386. The van der Waals surface area contributed by atoms with Gasteiger partial charge in [0.05, 0.1) is 9.82 Å². The van der Waals surface area contributed by atoms with E-state index in [0.717, 1.165) is 12.2 Å². The largest absolute Gasteiger partial charge is 0.318 e. The number of hydrogen-bond donors (Lipinski definition) is 2. The Morgan fingerprint density at radius 1 is 1.60 bits per heavy atom. The Hall–Kier alpha value is -1.27. The maximum absolute atomic E-state index is 10.9. The second-order valence-corrected chi connectivity index (χ2v) is 4.04. The van der Waals surface area contributed by atoms with Crippen molar-refractivity contribution in [3.63, 3.8) is 0 Å². The number of nitrogens with one attached hydrogen (secondary N) is 1. The van der Waals surface area contributed by atoms with E-state index in [1.807, 2.05) is 6.92 Å². The van der Waals surface area contributed by atoms with Crippen molar-refractivity contribution in [1.29, 1.82) is 0 Å². The number of benzene rings is 1. The molecule has 0 aliphatic rings. The van der Waals surface area contributed by atoms with Gasteiger partial charge in [0.25, 0.3) is 0 Å². The fourth-order valence-electron chi connectivity index (χ4n) is 1.16. The molecule has 0 atom stereocenters. The van der Waals surface area contributed by atoms with Crippen LogP contribution in [0.5, 0.6) is 0 Å². The molecule has 1 aromatic carbocycles. The topological polar surface area (TPSA) is 81.2 Å². The van der Waals surface area contributed by atoms with Crippen molar-refractivity contribution >= 4 is 23.1 Å². The Bertz CT molecular complexity index is 357. The highest BCUT2D eigenvalue weighted by molar-refractivity contribution is 7.99. The summed E-state index contributed by atoms with van der Waals surface area (Å²) in [6, 6.07) is 5.08. The lowest BCUT2D eigenvalue weighted by Crippen LogP contribution is -2.09. The lowest BCUT2D eigenvalue weighted by Gasteiger charge is -2.06. The van der Waals surface area contributed by atoms with E-state index in [1.54, 1.807) is 18.2 Å². The van der Waals surface area contributed by atoms with E-state index in [4.69, 9.17) is 5.84 Å². The van der Waals surface area contributed by atoms with Crippen molar-refractivity contribution < 1.29 is 4.92 Å². The molecular weight excluding hydrogens is 214 g/mol. The van der Waals surface area contributed by atoms with E-state index in [9.17, 15) is 10.1 Å². The van der Waals surface area contributed by atoms with Gasteiger partial charge in [-0.1, -0.05) is 13.0 Å². The Kier molecular flexibility index (Phi) is 4.38. The van der Waals surface area contributed by atoms with Crippen molar-refractivity contribution in [1.82, 2.24) is 0 Å². The first-order chi connectivity index (χ1) is 7.20. The zero-order valence-electron chi connectivity index (χ0n) is 8.40. The molecule has 1 aromatic rings. The third-order valence-corrected chi connectivity index (χ3v) is 3.05. The van der Waals surface area contributed by atoms with Crippen LogP contribution in [0, 0.1) is 10.1 Å². The van der Waals surface area contributed by atoms with Gasteiger partial charge in [-0.2, -0.15) is 0 Å². The molecule has 0 heterocycles. The van der Waals surface area contributed by atoms with Crippen LogP contribution in [0.2, 0.25) is 0 Å². The molecule has 1 rings (SSSR count). The van der Waals surface area contributed by atoms with Gasteiger partial charge in [0, 0.05) is 0 Å². The summed E-state index contributed by atoms with van der Waals surface area (Å²) in [5.41, 5.74) is 2.74. The van der Waals surface area contributed by atoms with Crippen LogP contribution in [0.3, 0.4) is 0 Å². The maximum Gasteiger partial charge on any atom is 0.307 e. The molecule has 0 bridgehead atoms. The molecule has 0 aromatic heterocycles. The average molecular weight is 227 g/mol. The van der Waals surface area contributed by atoms with Gasteiger partial charge in [0.15, 0.2) is 0 Å². The minimum atomic E-state index is -0.410. The second-order valence-electron chi connectivity index (χ2n) is 2.90. The molecule has 15 heavy (non-hydrogen) atoms. The van der Waals surface area contributed by atoms with Crippen molar-refractivity contribution in [2.75, 3.05) is 11.2 Å². The highest BCUT2D eigenvalue weighted by atomic mass is 32.2. The molecule has 0 unspecified atom stereocenters. The molecule has 0 radical (unpaired) electrons. The van der Waals surface area contributed by atoms with Crippen molar-refractivity contribution in [3.05, 3.63) is 28.3 Å². The minimum absolute atomic E-state index is 0.0541. The molecular formula is C9H13N3O2S. The van der Waals surface area contributed by atoms with Gasteiger partial charge in [-0.3, -0.25) is 16.0 Å². The zero-order valence-corrected chi connectivity index (χ0v) is 9.21. The predicted octanol–water partition coefficient (Wildman–Crippen LogP) is 2.38.